The quantitative estimate of drug-likeness (QED) is 0.154. The van der Waals surface area contributed by atoms with Gasteiger partial charge in [-0.25, -0.2) is 0 Å². The van der Waals surface area contributed by atoms with Gasteiger partial charge >= 0.3 is 0 Å². The molecular weight excluding hydrogens is 473 g/mol. The van der Waals surface area contributed by atoms with Gasteiger partial charge in [-0.3, -0.25) is 24.3 Å². The zero-order valence-electron chi connectivity index (χ0n) is 16.6. The predicted octanol–water partition coefficient (Wildman–Crippen LogP) is 0.491. The Hall–Kier alpha value is -1.65. The third-order valence-corrected chi connectivity index (χ3v) is 5.51. The number of aliphatic imine (C=N–C) groups is 1. The van der Waals surface area contributed by atoms with Gasteiger partial charge in [-0.1, -0.05) is 12.2 Å². The van der Waals surface area contributed by atoms with E-state index in [9.17, 15) is 14.4 Å². The zero-order valence-corrected chi connectivity index (χ0v) is 18.9. The largest absolute Gasteiger partial charge is 0.356 e. The molecule has 2 bridgehead atoms. The predicted molar refractivity (Wildman–Crippen MR) is 117 cm³/mol. The summed E-state index contributed by atoms with van der Waals surface area (Å²) in [5, 5.41) is 9.00. The van der Waals surface area contributed by atoms with Gasteiger partial charge in [0.1, 0.15) is 0 Å². The molecule has 0 spiro atoms. The van der Waals surface area contributed by atoms with E-state index in [0.29, 0.717) is 32.0 Å². The van der Waals surface area contributed by atoms with Crippen molar-refractivity contribution < 1.29 is 14.4 Å². The SMILES string of the molecule is CN=C(NCCC(=O)NC(C)C)NCCN1C(=O)C2C3C=CC(C3)C2C1=O.I. The number of nitrogens with zero attached hydrogens (tertiary/aromatic N) is 2. The highest BCUT2D eigenvalue weighted by Crippen LogP contribution is 2.52. The van der Waals surface area contributed by atoms with Crippen LogP contribution in [0, 0.1) is 23.7 Å². The summed E-state index contributed by atoms with van der Waals surface area (Å²) < 4.78 is 0. The van der Waals surface area contributed by atoms with Crippen LogP contribution < -0.4 is 16.0 Å². The summed E-state index contributed by atoms with van der Waals surface area (Å²) in [7, 11) is 1.64. The minimum atomic E-state index is -0.149. The summed E-state index contributed by atoms with van der Waals surface area (Å²) in [6.45, 7) is 5.06. The number of amides is 3. The topological polar surface area (TPSA) is 103 Å². The number of nitrogens with one attached hydrogen (secondary N) is 3. The Balaban J connectivity index is 0.00000280. The maximum absolute atomic E-state index is 12.6. The Kier molecular flexibility index (Phi) is 7.85. The number of carbonyl (C=O) groups excluding carboxylic acids is 3. The molecule has 3 aliphatic rings. The number of halogens is 1. The van der Waals surface area contributed by atoms with E-state index in [4.69, 9.17) is 0 Å². The van der Waals surface area contributed by atoms with Crippen LogP contribution in [0.25, 0.3) is 0 Å². The molecule has 1 aliphatic heterocycles. The van der Waals surface area contributed by atoms with Gasteiger partial charge in [0, 0.05) is 39.1 Å². The number of hydrogen-bond donors (Lipinski definition) is 3. The molecular formula is C19H30IN5O3. The van der Waals surface area contributed by atoms with Crippen molar-refractivity contribution in [3.63, 3.8) is 0 Å². The normalized spacial score (nSPS) is 27.9. The first-order chi connectivity index (χ1) is 12.9. The molecule has 1 saturated carbocycles. The van der Waals surface area contributed by atoms with Gasteiger partial charge < -0.3 is 16.0 Å². The number of imide groups is 1. The van der Waals surface area contributed by atoms with Crippen LogP contribution in [0.5, 0.6) is 0 Å². The molecule has 3 amide bonds. The van der Waals surface area contributed by atoms with E-state index in [1.165, 1.54) is 4.90 Å². The fourth-order valence-electron chi connectivity index (χ4n) is 4.38. The summed E-state index contributed by atoms with van der Waals surface area (Å²) in [5.41, 5.74) is 0. The minimum absolute atomic E-state index is 0. The van der Waals surface area contributed by atoms with E-state index in [2.05, 4.69) is 33.1 Å². The Bertz CT molecular complexity index is 648. The first-order valence-corrected chi connectivity index (χ1v) is 9.69. The Labute approximate surface area is 183 Å². The van der Waals surface area contributed by atoms with Crippen molar-refractivity contribution in [3.05, 3.63) is 12.2 Å². The molecule has 1 saturated heterocycles. The molecule has 0 aromatic heterocycles. The number of hydrogen-bond acceptors (Lipinski definition) is 4. The van der Waals surface area contributed by atoms with Crippen molar-refractivity contribution in [2.24, 2.45) is 28.7 Å². The standard InChI is InChI=1S/C19H29N5O3.HI/c1-11(2)23-14(25)6-7-21-19(20-3)22-8-9-24-17(26)15-12-4-5-13(10-12)16(15)18(24)27;/h4-5,11-13,15-16H,6-10H2,1-3H3,(H,23,25)(H2,20,21,22);1H. The van der Waals surface area contributed by atoms with E-state index >= 15 is 0 Å². The maximum Gasteiger partial charge on any atom is 0.233 e. The third kappa shape index (κ3) is 4.66. The number of fused-ring (bicyclic) bond motifs is 5. The molecule has 4 unspecified atom stereocenters. The van der Waals surface area contributed by atoms with Crippen LogP contribution in [0.3, 0.4) is 0 Å². The van der Waals surface area contributed by atoms with Gasteiger partial charge in [0.05, 0.1) is 11.8 Å². The fraction of sp³-hybridized carbons (Fsp3) is 0.684. The lowest BCUT2D eigenvalue weighted by Gasteiger charge is -2.18. The van der Waals surface area contributed by atoms with Crippen molar-refractivity contribution in [1.29, 1.82) is 0 Å². The molecule has 0 aromatic carbocycles. The van der Waals surface area contributed by atoms with Crippen LogP contribution in [0.15, 0.2) is 17.1 Å². The Morgan fingerprint density at radius 3 is 2.25 bits per heavy atom. The zero-order chi connectivity index (χ0) is 19.6. The van der Waals surface area contributed by atoms with E-state index in [-0.39, 0.29) is 71.4 Å². The average molecular weight is 503 g/mol. The minimum Gasteiger partial charge on any atom is -0.356 e. The summed E-state index contributed by atoms with van der Waals surface area (Å²) in [4.78, 5) is 42.4. The van der Waals surface area contributed by atoms with Crippen LogP contribution >= 0.6 is 24.0 Å². The van der Waals surface area contributed by atoms with Gasteiger partial charge in [-0.05, 0) is 32.1 Å². The third-order valence-electron chi connectivity index (χ3n) is 5.51. The molecule has 9 heteroatoms. The monoisotopic (exact) mass is 503 g/mol. The number of carbonyl (C=O) groups is 3. The van der Waals surface area contributed by atoms with Crippen LogP contribution in [0.2, 0.25) is 0 Å². The molecule has 8 nitrogen and oxygen atoms in total. The summed E-state index contributed by atoms with van der Waals surface area (Å²) in [6.07, 6.45) is 5.49. The van der Waals surface area contributed by atoms with E-state index in [0.717, 1.165) is 6.42 Å². The van der Waals surface area contributed by atoms with E-state index in [1.54, 1.807) is 7.05 Å². The smallest absolute Gasteiger partial charge is 0.233 e. The molecule has 0 aromatic rings. The number of rotatable bonds is 7. The van der Waals surface area contributed by atoms with Crippen LogP contribution in [0.4, 0.5) is 0 Å². The lowest BCUT2D eigenvalue weighted by atomic mass is 9.85. The molecule has 2 aliphatic carbocycles. The summed E-state index contributed by atoms with van der Waals surface area (Å²) >= 11 is 0. The van der Waals surface area contributed by atoms with Crippen molar-refractivity contribution in [1.82, 2.24) is 20.9 Å². The number of guanidine groups is 1. The highest BCUT2D eigenvalue weighted by molar-refractivity contribution is 14.0. The second-order valence-electron chi connectivity index (χ2n) is 7.73. The van der Waals surface area contributed by atoms with Crippen molar-refractivity contribution >= 4 is 47.7 Å². The first kappa shape index (κ1) is 22.6. The van der Waals surface area contributed by atoms with Crippen LogP contribution in [0.1, 0.15) is 26.7 Å². The highest BCUT2D eigenvalue weighted by Gasteiger charge is 2.58. The van der Waals surface area contributed by atoms with Gasteiger partial charge in [0.25, 0.3) is 0 Å². The maximum atomic E-state index is 12.6. The van der Waals surface area contributed by atoms with Gasteiger partial charge in [-0.2, -0.15) is 0 Å². The molecule has 3 rings (SSSR count). The van der Waals surface area contributed by atoms with E-state index in [1.807, 2.05) is 13.8 Å². The van der Waals surface area contributed by atoms with Crippen molar-refractivity contribution in [2.75, 3.05) is 26.7 Å². The van der Waals surface area contributed by atoms with Gasteiger partial charge in [-0.15, -0.1) is 24.0 Å². The second kappa shape index (κ2) is 9.71. The van der Waals surface area contributed by atoms with Crippen molar-refractivity contribution in [3.8, 4) is 0 Å². The molecule has 3 N–H and O–H groups in total. The summed E-state index contributed by atoms with van der Waals surface area (Å²) in [5.74, 6) is 0.647. The lowest BCUT2D eigenvalue weighted by molar-refractivity contribution is -0.140. The van der Waals surface area contributed by atoms with Crippen LogP contribution in [-0.2, 0) is 14.4 Å². The van der Waals surface area contributed by atoms with Gasteiger partial charge in [0.15, 0.2) is 5.96 Å². The second-order valence-corrected chi connectivity index (χ2v) is 7.73. The number of likely N-dealkylation sites (tertiary alicyclic amines) is 1. The molecule has 28 heavy (non-hydrogen) atoms. The molecule has 4 atom stereocenters. The van der Waals surface area contributed by atoms with E-state index < -0.39 is 0 Å². The van der Waals surface area contributed by atoms with Crippen LogP contribution in [-0.4, -0.2) is 61.3 Å². The average Bonchev–Trinajstić information content (AvgIpc) is 3.29. The molecule has 1 heterocycles. The molecule has 2 fully saturated rings. The Morgan fingerprint density at radius 1 is 1.14 bits per heavy atom. The highest BCUT2D eigenvalue weighted by atomic mass is 127. The fourth-order valence-corrected chi connectivity index (χ4v) is 4.38. The first-order valence-electron chi connectivity index (χ1n) is 9.69. The molecule has 156 valence electrons. The number of allylic oxidation sites excluding steroid dienone is 2. The van der Waals surface area contributed by atoms with Crippen molar-refractivity contribution in [2.45, 2.75) is 32.7 Å². The Morgan fingerprint density at radius 2 is 1.71 bits per heavy atom. The lowest BCUT2D eigenvalue weighted by Crippen LogP contribution is -2.44. The summed E-state index contributed by atoms with van der Waals surface area (Å²) in [6, 6.07) is 0.121. The molecule has 0 radical (unpaired) electrons. The van der Waals surface area contributed by atoms with Gasteiger partial charge in [0.2, 0.25) is 17.7 Å².